The number of hydrogen-bond acceptors (Lipinski definition) is 7. The number of nitrogens with one attached hydrogen (secondary N) is 2. The summed E-state index contributed by atoms with van der Waals surface area (Å²) in [5.74, 6) is -2.54. The largest absolute Gasteiger partial charge is 0.479 e. The average Bonchev–Trinajstić information content (AvgIpc) is 3.31. The van der Waals surface area contributed by atoms with Gasteiger partial charge >= 0.3 is 12.1 Å². The number of carboxylic acid groups (broad SMARTS) is 1. The van der Waals surface area contributed by atoms with Crippen molar-refractivity contribution in [2.75, 3.05) is 13.1 Å². The molecule has 0 radical (unpaired) electrons. The number of carboxylic acids is 1. The number of carbonyl (C=O) groups is 5. The Hall–Kier alpha value is -3.28. The van der Waals surface area contributed by atoms with Crippen molar-refractivity contribution in [3.63, 3.8) is 0 Å². The van der Waals surface area contributed by atoms with Gasteiger partial charge in [0.1, 0.15) is 23.1 Å². The van der Waals surface area contributed by atoms with E-state index in [-0.39, 0.29) is 37.7 Å². The Morgan fingerprint density at radius 2 is 1.83 bits per heavy atom. The van der Waals surface area contributed by atoms with Crippen molar-refractivity contribution in [3.05, 3.63) is 35.9 Å². The normalized spacial score (nSPS) is 27.8. The molecular weight excluding hydrogens is 476 g/mol. The van der Waals surface area contributed by atoms with Crippen LogP contribution in [0.3, 0.4) is 0 Å². The lowest BCUT2D eigenvalue weighted by atomic mass is 10.0. The third-order valence-electron chi connectivity index (χ3n) is 6.03. The number of carbonyl (C=O) groups excluding carboxylic acids is 4. The highest BCUT2D eigenvalue weighted by atomic mass is 32.2. The Labute approximate surface area is 206 Å². The van der Waals surface area contributed by atoms with Crippen LogP contribution in [0.5, 0.6) is 0 Å². The van der Waals surface area contributed by atoms with Crippen molar-refractivity contribution >= 4 is 41.5 Å². The first-order valence-electron chi connectivity index (χ1n) is 11.3. The molecule has 0 aromatic heterocycles. The summed E-state index contributed by atoms with van der Waals surface area (Å²) < 4.78 is 5.20. The van der Waals surface area contributed by atoms with E-state index in [9.17, 15) is 29.1 Å². The first-order valence-corrected chi connectivity index (χ1v) is 12.2. The van der Waals surface area contributed by atoms with Gasteiger partial charge in [0.15, 0.2) is 0 Å². The standard InChI is InChI=1S/C23H28N4O7S/c1-22(2,3)34-21(33)24-14-9-10-27(17(14)29)23(20(31)32)12-26-18(30)16(19(26)35-23)25-15(28)11-13-7-5-4-6-8-13/h4-8,14,16,19H,9-12H2,1-3H3,(H,24,33)(H,25,28)(H,31,32)/t14-,16-,19-,23-/m1/s1. The molecule has 3 heterocycles. The highest BCUT2D eigenvalue weighted by Crippen LogP contribution is 2.49. The zero-order valence-electron chi connectivity index (χ0n) is 19.6. The summed E-state index contributed by atoms with van der Waals surface area (Å²) in [5, 5.41) is 14.7. The lowest BCUT2D eigenvalue weighted by molar-refractivity contribution is -0.155. The molecule has 4 atom stereocenters. The molecule has 12 heteroatoms. The molecule has 0 unspecified atom stereocenters. The van der Waals surface area contributed by atoms with Crippen LogP contribution in [0.2, 0.25) is 0 Å². The molecular formula is C23H28N4O7S. The molecule has 35 heavy (non-hydrogen) atoms. The van der Waals surface area contributed by atoms with Crippen LogP contribution in [0.15, 0.2) is 30.3 Å². The number of aliphatic carboxylic acids is 1. The fraction of sp³-hybridized carbons (Fsp3) is 0.522. The van der Waals surface area contributed by atoms with Crippen molar-refractivity contribution in [1.82, 2.24) is 20.4 Å². The van der Waals surface area contributed by atoms with E-state index in [2.05, 4.69) is 10.6 Å². The van der Waals surface area contributed by atoms with Gasteiger partial charge in [0.25, 0.3) is 0 Å². The van der Waals surface area contributed by atoms with Crippen LogP contribution in [0.25, 0.3) is 0 Å². The van der Waals surface area contributed by atoms with E-state index < -0.39 is 45.9 Å². The van der Waals surface area contributed by atoms with E-state index in [0.717, 1.165) is 17.3 Å². The molecule has 11 nitrogen and oxygen atoms in total. The van der Waals surface area contributed by atoms with Crippen LogP contribution < -0.4 is 10.6 Å². The minimum absolute atomic E-state index is 0.0920. The maximum atomic E-state index is 13.1. The van der Waals surface area contributed by atoms with Crippen LogP contribution in [0.1, 0.15) is 32.8 Å². The summed E-state index contributed by atoms with van der Waals surface area (Å²) in [5.41, 5.74) is 0.0423. The van der Waals surface area contributed by atoms with Crippen molar-refractivity contribution < 1.29 is 33.8 Å². The molecule has 3 aliphatic rings. The lowest BCUT2D eigenvalue weighted by Gasteiger charge is -2.41. The summed E-state index contributed by atoms with van der Waals surface area (Å²) in [6.45, 7) is 4.98. The van der Waals surface area contributed by atoms with Gasteiger partial charge in [-0.25, -0.2) is 9.59 Å². The van der Waals surface area contributed by atoms with Crippen molar-refractivity contribution in [3.8, 4) is 0 Å². The predicted octanol–water partition coefficient (Wildman–Crippen LogP) is 0.536. The van der Waals surface area contributed by atoms with Crippen LogP contribution in [0.4, 0.5) is 4.79 Å². The Kier molecular flexibility index (Phi) is 6.43. The van der Waals surface area contributed by atoms with E-state index in [1.165, 1.54) is 9.80 Å². The fourth-order valence-corrected chi connectivity index (χ4v) is 6.08. The van der Waals surface area contributed by atoms with Crippen LogP contribution in [-0.2, 0) is 30.3 Å². The van der Waals surface area contributed by atoms with Gasteiger partial charge in [0, 0.05) is 6.54 Å². The average molecular weight is 505 g/mol. The Balaban J connectivity index is 1.42. The Bertz CT molecular complexity index is 1060. The van der Waals surface area contributed by atoms with E-state index in [1.54, 1.807) is 32.9 Å². The molecule has 3 N–H and O–H groups in total. The van der Waals surface area contributed by atoms with Gasteiger partial charge in [-0.1, -0.05) is 42.1 Å². The smallest absolute Gasteiger partial charge is 0.408 e. The molecule has 0 saturated carbocycles. The van der Waals surface area contributed by atoms with E-state index in [4.69, 9.17) is 4.74 Å². The second-order valence-electron chi connectivity index (χ2n) is 9.75. The van der Waals surface area contributed by atoms with E-state index in [1.807, 2.05) is 18.2 Å². The minimum Gasteiger partial charge on any atom is -0.479 e. The Morgan fingerprint density at radius 3 is 2.46 bits per heavy atom. The van der Waals surface area contributed by atoms with Crippen molar-refractivity contribution in [1.29, 1.82) is 0 Å². The number of benzene rings is 1. The summed E-state index contributed by atoms with van der Waals surface area (Å²) in [6, 6.07) is 7.26. The third-order valence-corrected chi connectivity index (χ3v) is 7.71. The summed E-state index contributed by atoms with van der Waals surface area (Å²) >= 11 is 0.960. The predicted molar refractivity (Wildman–Crippen MR) is 125 cm³/mol. The number of likely N-dealkylation sites (tertiary alicyclic amines) is 1. The van der Waals surface area contributed by atoms with E-state index in [0.29, 0.717) is 0 Å². The maximum Gasteiger partial charge on any atom is 0.408 e. The van der Waals surface area contributed by atoms with Gasteiger partial charge in [-0.3, -0.25) is 14.4 Å². The third kappa shape index (κ3) is 4.79. The summed E-state index contributed by atoms with van der Waals surface area (Å²) in [4.78, 5) is 63.7. The number of fused-ring (bicyclic) bond motifs is 1. The number of ether oxygens (including phenoxy) is 1. The van der Waals surface area contributed by atoms with Gasteiger partial charge in [-0.05, 0) is 32.8 Å². The number of amides is 4. The minimum atomic E-state index is -1.71. The second kappa shape index (κ2) is 9.06. The van der Waals surface area contributed by atoms with Crippen LogP contribution in [-0.4, -0.2) is 85.7 Å². The molecule has 3 aliphatic heterocycles. The number of rotatable bonds is 6. The van der Waals surface area contributed by atoms with Crippen LogP contribution >= 0.6 is 11.8 Å². The quantitative estimate of drug-likeness (QED) is 0.476. The summed E-state index contributed by atoms with van der Waals surface area (Å²) in [6.07, 6.45) is -0.459. The van der Waals surface area contributed by atoms with Crippen LogP contribution in [0, 0.1) is 0 Å². The highest BCUT2D eigenvalue weighted by molar-refractivity contribution is 8.02. The highest BCUT2D eigenvalue weighted by Gasteiger charge is 2.66. The zero-order valence-corrected chi connectivity index (χ0v) is 20.5. The Morgan fingerprint density at radius 1 is 1.14 bits per heavy atom. The molecule has 0 spiro atoms. The molecule has 4 amide bonds. The molecule has 1 aromatic carbocycles. The van der Waals surface area contributed by atoms with Crippen molar-refractivity contribution in [2.24, 2.45) is 0 Å². The van der Waals surface area contributed by atoms with E-state index >= 15 is 0 Å². The number of thioether (sulfide) groups is 1. The number of β-lactam (4-membered cyclic amide) rings is 1. The fourth-order valence-electron chi connectivity index (χ4n) is 4.43. The van der Waals surface area contributed by atoms with Crippen molar-refractivity contribution in [2.45, 2.75) is 61.5 Å². The molecule has 4 rings (SSSR count). The molecule has 3 fully saturated rings. The molecule has 3 saturated heterocycles. The SMILES string of the molecule is CC(C)(C)OC(=O)N[C@@H]1CCN([C@]2(C(=O)O)CN3C(=O)[C@@H](NC(=O)Cc4ccccc4)[C@H]3S2)C1=O. The maximum absolute atomic E-state index is 13.1. The number of nitrogens with zero attached hydrogens (tertiary/aromatic N) is 2. The molecule has 0 bridgehead atoms. The van der Waals surface area contributed by atoms with Gasteiger partial charge in [-0.15, -0.1) is 0 Å². The molecule has 0 aliphatic carbocycles. The monoisotopic (exact) mass is 504 g/mol. The zero-order chi connectivity index (χ0) is 25.5. The first-order chi connectivity index (χ1) is 16.4. The number of alkyl carbamates (subject to hydrolysis) is 1. The van der Waals surface area contributed by atoms with Gasteiger partial charge in [0.2, 0.25) is 22.6 Å². The topological polar surface area (TPSA) is 145 Å². The number of hydrogen-bond donors (Lipinski definition) is 3. The van der Waals surface area contributed by atoms with Gasteiger partial charge in [-0.2, -0.15) is 0 Å². The molecule has 188 valence electrons. The first kappa shape index (κ1) is 24.8. The lowest BCUT2D eigenvalue weighted by Crippen LogP contribution is -2.67. The second-order valence-corrected chi connectivity index (χ2v) is 11.1. The summed E-state index contributed by atoms with van der Waals surface area (Å²) in [7, 11) is 0. The van der Waals surface area contributed by atoms with Gasteiger partial charge < -0.3 is 30.3 Å². The molecule has 1 aromatic rings. The van der Waals surface area contributed by atoms with Gasteiger partial charge in [0.05, 0.1) is 13.0 Å².